The molecule has 7 heteroatoms. The second-order valence-electron chi connectivity index (χ2n) is 4.15. The fourth-order valence-electron chi connectivity index (χ4n) is 1.63. The lowest BCUT2D eigenvalue weighted by Crippen LogP contribution is -2.38. The quantitative estimate of drug-likeness (QED) is 0.699. The summed E-state index contributed by atoms with van der Waals surface area (Å²) in [6.45, 7) is 2.20. The van der Waals surface area contributed by atoms with Crippen molar-refractivity contribution in [2.45, 2.75) is 6.92 Å². The van der Waals surface area contributed by atoms with Crippen LogP contribution in [-0.4, -0.2) is 50.2 Å². The number of nitrogens with zero attached hydrogens (tertiary/aromatic N) is 1. The van der Waals surface area contributed by atoms with Crippen molar-refractivity contribution in [3.05, 3.63) is 34.1 Å². The van der Waals surface area contributed by atoms with Crippen molar-refractivity contribution >= 4 is 27.8 Å². The molecule has 0 heterocycles. The monoisotopic (exact) mass is 361 g/mol. The lowest BCUT2D eigenvalue weighted by atomic mass is 10.2. The van der Waals surface area contributed by atoms with Gasteiger partial charge in [-0.3, -0.25) is 9.59 Å². The van der Waals surface area contributed by atoms with Crippen molar-refractivity contribution in [2.75, 3.05) is 33.4 Å². The summed E-state index contributed by atoms with van der Waals surface area (Å²) in [4.78, 5) is 25.1. The van der Waals surface area contributed by atoms with Crippen LogP contribution in [0.4, 0.5) is 4.39 Å². The van der Waals surface area contributed by atoms with E-state index in [1.165, 1.54) is 24.1 Å². The third-order valence-corrected chi connectivity index (χ3v) is 3.29. The molecule has 1 aromatic rings. The molecule has 21 heavy (non-hydrogen) atoms. The van der Waals surface area contributed by atoms with Gasteiger partial charge in [0.05, 0.1) is 17.7 Å². The molecule has 0 unspecified atom stereocenters. The van der Waals surface area contributed by atoms with Gasteiger partial charge in [0.15, 0.2) is 0 Å². The third-order valence-electron chi connectivity index (χ3n) is 2.64. The van der Waals surface area contributed by atoms with Gasteiger partial charge in [-0.05, 0) is 41.1 Å². The maximum atomic E-state index is 13.5. The third kappa shape index (κ3) is 5.43. The topological polar surface area (TPSA) is 55.8 Å². The molecule has 1 amide bonds. The Labute approximate surface area is 131 Å². The van der Waals surface area contributed by atoms with E-state index in [1.807, 2.05) is 0 Å². The number of hydrogen-bond donors (Lipinski definition) is 0. The molecule has 0 aliphatic rings. The van der Waals surface area contributed by atoms with Gasteiger partial charge in [0.1, 0.15) is 12.4 Å². The van der Waals surface area contributed by atoms with Gasteiger partial charge in [0, 0.05) is 19.2 Å². The molecule has 0 aromatic heterocycles. The normalized spacial score (nSPS) is 10.3. The Bertz CT molecular complexity index is 510. The largest absolute Gasteiger partial charge is 0.465 e. The van der Waals surface area contributed by atoms with Crippen LogP contribution in [0.1, 0.15) is 17.3 Å². The zero-order chi connectivity index (χ0) is 15.8. The summed E-state index contributed by atoms with van der Waals surface area (Å²) in [5.41, 5.74) is 0.163. The van der Waals surface area contributed by atoms with Crippen molar-refractivity contribution in [1.82, 2.24) is 4.90 Å². The first-order chi connectivity index (χ1) is 9.99. The van der Waals surface area contributed by atoms with Gasteiger partial charge < -0.3 is 14.4 Å². The van der Waals surface area contributed by atoms with E-state index in [-0.39, 0.29) is 36.3 Å². The Hall–Kier alpha value is -1.47. The molecule has 0 aliphatic heterocycles. The molecular formula is C14H17BrFNO4. The Kier molecular flexibility index (Phi) is 7.31. The first kappa shape index (κ1) is 17.6. The summed E-state index contributed by atoms with van der Waals surface area (Å²) in [5.74, 6) is -1.50. The number of halogens is 2. The van der Waals surface area contributed by atoms with Crippen molar-refractivity contribution < 1.29 is 23.5 Å². The van der Waals surface area contributed by atoms with Crippen LogP contribution in [0.15, 0.2) is 22.7 Å². The second-order valence-corrected chi connectivity index (χ2v) is 5.01. The lowest BCUT2D eigenvalue weighted by molar-refractivity contribution is -0.143. The van der Waals surface area contributed by atoms with Gasteiger partial charge in [-0.25, -0.2) is 4.39 Å². The van der Waals surface area contributed by atoms with Crippen LogP contribution in [0.5, 0.6) is 0 Å². The fourth-order valence-corrected chi connectivity index (χ4v) is 1.87. The highest BCUT2D eigenvalue weighted by atomic mass is 79.9. The van der Waals surface area contributed by atoms with Crippen LogP contribution in [0.2, 0.25) is 0 Å². The number of amides is 1. The first-order valence-corrected chi connectivity index (χ1v) is 7.17. The van der Waals surface area contributed by atoms with E-state index in [0.717, 1.165) is 6.07 Å². The smallest absolute Gasteiger partial charge is 0.325 e. The number of hydrogen-bond acceptors (Lipinski definition) is 4. The molecular weight excluding hydrogens is 345 g/mol. The fraction of sp³-hybridized carbons (Fsp3) is 0.429. The Balaban J connectivity index is 2.87. The molecule has 1 rings (SSSR count). The van der Waals surface area contributed by atoms with Gasteiger partial charge in [-0.15, -0.1) is 0 Å². The second kappa shape index (κ2) is 8.74. The van der Waals surface area contributed by atoms with E-state index in [1.54, 1.807) is 6.92 Å². The van der Waals surface area contributed by atoms with E-state index < -0.39 is 17.7 Å². The van der Waals surface area contributed by atoms with Crippen LogP contribution in [0.3, 0.4) is 0 Å². The molecule has 0 aliphatic carbocycles. The molecule has 0 N–H and O–H groups in total. The zero-order valence-electron chi connectivity index (χ0n) is 11.9. The minimum absolute atomic E-state index is 0.163. The highest BCUT2D eigenvalue weighted by molar-refractivity contribution is 9.10. The Morgan fingerprint density at radius 2 is 2.10 bits per heavy atom. The Morgan fingerprint density at radius 1 is 1.38 bits per heavy atom. The van der Waals surface area contributed by atoms with Crippen LogP contribution < -0.4 is 0 Å². The van der Waals surface area contributed by atoms with Crippen LogP contribution in [0, 0.1) is 5.82 Å². The zero-order valence-corrected chi connectivity index (χ0v) is 13.5. The van der Waals surface area contributed by atoms with Crippen molar-refractivity contribution in [1.29, 1.82) is 0 Å². The minimum atomic E-state index is -0.538. The number of ether oxygens (including phenoxy) is 2. The van der Waals surface area contributed by atoms with Crippen LogP contribution >= 0.6 is 15.9 Å². The average Bonchev–Trinajstić information content (AvgIpc) is 2.46. The van der Waals surface area contributed by atoms with Crippen LogP contribution in [0.25, 0.3) is 0 Å². The standard InChI is InChI=1S/C14H17BrFNO4/c1-3-21-13(18)9-17(6-7-20-2)14(19)10-4-5-11(15)12(16)8-10/h4-5,8H,3,6-7,9H2,1-2H3. The summed E-state index contributed by atoms with van der Waals surface area (Å²) in [5, 5.41) is 0. The van der Waals surface area contributed by atoms with Gasteiger partial charge in [0.2, 0.25) is 0 Å². The molecule has 0 bridgehead atoms. The summed E-state index contributed by atoms with van der Waals surface area (Å²) in [6.07, 6.45) is 0. The van der Waals surface area contributed by atoms with Gasteiger partial charge >= 0.3 is 5.97 Å². The van der Waals surface area contributed by atoms with Crippen molar-refractivity contribution in [3.8, 4) is 0 Å². The van der Waals surface area contributed by atoms with Crippen molar-refractivity contribution in [3.63, 3.8) is 0 Å². The molecule has 5 nitrogen and oxygen atoms in total. The van der Waals surface area contributed by atoms with Gasteiger partial charge in [-0.1, -0.05) is 0 Å². The maximum Gasteiger partial charge on any atom is 0.325 e. The van der Waals surface area contributed by atoms with Crippen LogP contribution in [-0.2, 0) is 14.3 Å². The number of rotatable bonds is 7. The Morgan fingerprint density at radius 3 is 2.67 bits per heavy atom. The van der Waals surface area contributed by atoms with Gasteiger partial charge in [-0.2, -0.15) is 0 Å². The lowest BCUT2D eigenvalue weighted by Gasteiger charge is -2.21. The maximum absolute atomic E-state index is 13.5. The molecule has 0 saturated heterocycles. The van der Waals surface area contributed by atoms with E-state index in [2.05, 4.69) is 15.9 Å². The summed E-state index contributed by atoms with van der Waals surface area (Å²) < 4.78 is 23.5. The number of carbonyl (C=O) groups is 2. The van der Waals surface area contributed by atoms with E-state index in [4.69, 9.17) is 9.47 Å². The minimum Gasteiger partial charge on any atom is -0.465 e. The molecule has 0 saturated carbocycles. The number of methoxy groups -OCH3 is 1. The highest BCUT2D eigenvalue weighted by Crippen LogP contribution is 2.17. The first-order valence-electron chi connectivity index (χ1n) is 6.38. The predicted octanol–water partition coefficient (Wildman–Crippen LogP) is 2.24. The molecule has 0 atom stereocenters. The highest BCUT2D eigenvalue weighted by Gasteiger charge is 2.20. The SMILES string of the molecule is CCOC(=O)CN(CCOC)C(=O)c1ccc(Br)c(F)c1. The molecule has 0 radical (unpaired) electrons. The number of benzene rings is 1. The average molecular weight is 362 g/mol. The molecule has 0 fully saturated rings. The predicted molar refractivity (Wildman–Crippen MR) is 78.5 cm³/mol. The van der Waals surface area contributed by atoms with Crippen molar-refractivity contribution in [2.24, 2.45) is 0 Å². The number of esters is 1. The van der Waals surface area contributed by atoms with E-state index in [0.29, 0.717) is 0 Å². The van der Waals surface area contributed by atoms with Gasteiger partial charge in [0.25, 0.3) is 5.91 Å². The summed E-state index contributed by atoms with van der Waals surface area (Å²) in [6, 6.07) is 4.05. The molecule has 1 aromatic carbocycles. The number of carbonyl (C=O) groups excluding carboxylic acids is 2. The summed E-state index contributed by atoms with van der Waals surface area (Å²) in [7, 11) is 1.49. The van der Waals surface area contributed by atoms with E-state index in [9.17, 15) is 14.0 Å². The molecule has 0 spiro atoms. The molecule has 116 valence electrons. The van der Waals surface area contributed by atoms with E-state index >= 15 is 0 Å². The summed E-state index contributed by atoms with van der Waals surface area (Å²) >= 11 is 3.02.